The largest absolute Gasteiger partial charge is 0.465 e. The van der Waals surface area contributed by atoms with Crippen LogP contribution in [0.4, 0.5) is 4.79 Å². The van der Waals surface area contributed by atoms with Crippen molar-refractivity contribution in [2.75, 3.05) is 0 Å². The first-order chi connectivity index (χ1) is 8.32. The van der Waals surface area contributed by atoms with E-state index in [1.54, 1.807) is 13.8 Å². The molecule has 2 N–H and O–H groups in total. The van der Waals surface area contributed by atoms with Crippen molar-refractivity contribution < 1.29 is 29.1 Å². The molecule has 1 unspecified atom stereocenters. The average Bonchev–Trinajstić information content (AvgIpc) is 2.56. The molecule has 0 saturated carbocycles. The first kappa shape index (κ1) is 13.9. The lowest BCUT2D eigenvalue weighted by molar-refractivity contribution is -0.199. The fourth-order valence-electron chi connectivity index (χ4n) is 1.44. The summed E-state index contributed by atoms with van der Waals surface area (Å²) in [5.41, 5.74) is 0. The maximum atomic E-state index is 11.7. The third-order valence-corrected chi connectivity index (χ3v) is 2.39. The molecule has 0 radical (unpaired) electrons. The SMILES string of the molecule is CC(C)C(NC(=O)O)C(=O)ON1C(=O)CCC1=O. The summed E-state index contributed by atoms with van der Waals surface area (Å²) in [4.78, 5) is 49.3. The zero-order chi connectivity index (χ0) is 13.9. The van der Waals surface area contributed by atoms with Crippen LogP contribution in [-0.2, 0) is 19.2 Å². The van der Waals surface area contributed by atoms with E-state index >= 15 is 0 Å². The first-order valence-electron chi connectivity index (χ1n) is 5.40. The van der Waals surface area contributed by atoms with Gasteiger partial charge in [0.15, 0.2) is 0 Å². The van der Waals surface area contributed by atoms with E-state index in [0.717, 1.165) is 0 Å². The summed E-state index contributed by atoms with van der Waals surface area (Å²) in [5.74, 6) is -2.56. The molecule has 1 rings (SSSR count). The molecule has 18 heavy (non-hydrogen) atoms. The van der Waals surface area contributed by atoms with Gasteiger partial charge < -0.3 is 15.3 Å². The van der Waals surface area contributed by atoms with E-state index in [1.165, 1.54) is 0 Å². The van der Waals surface area contributed by atoms with Crippen LogP contribution >= 0.6 is 0 Å². The minimum Gasteiger partial charge on any atom is -0.465 e. The fourth-order valence-corrected chi connectivity index (χ4v) is 1.44. The zero-order valence-corrected chi connectivity index (χ0v) is 10.0. The van der Waals surface area contributed by atoms with Crippen LogP contribution in [0.5, 0.6) is 0 Å². The molecule has 0 bridgehead atoms. The number of imide groups is 1. The van der Waals surface area contributed by atoms with Gasteiger partial charge in [-0.2, -0.15) is 0 Å². The van der Waals surface area contributed by atoms with E-state index in [0.29, 0.717) is 5.06 Å². The molecule has 100 valence electrons. The van der Waals surface area contributed by atoms with Gasteiger partial charge in [-0.3, -0.25) is 9.59 Å². The van der Waals surface area contributed by atoms with E-state index in [2.05, 4.69) is 4.84 Å². The number of nitrogens with zero attached hydrogens (tertiary/aromatic N) is 1. The Morgan fingerprint density at radius 3 is 2.17 bits per heavy atom. The third-order valence-electron chi connectivity index (χ3n) is 2.39. The molecule has 1 atom stereocenters. The highest BCUT2D eigenvalue weighted by atomic mass is 16.7. The molecule has 0 spiro atoms. The van der Waals surface area contributed by atoms with Crippen LogP contribution < -0.4 is 5.32 Å². The number of hydrogen-bond acceptors (Lipinski definition) is 5. The van der Waals surface area contributed by atoms with Crippen molar-refractivity contribution in [3.8, 4) is 0 Å². The lowest BCUT2D eigenvalue weighted by Gasteiger charge is -2.21. The van der Waals surface area contributed by atoms with Gasteiger partial charge in [-0.1, -0.05) is 13.8 Å². The summed E-state index contributed by atoms with van der Waals surface area (Å²) in [6.07, 6.45) is -1.40. The minimum atomic E-state index is -1.38. The van der Waals surface area contributed by atoms with Gasteiger partial charge in [0.25, 0.3) is 11.8 Å². The molecule has 1 fully saturated rings. The molecule has 0 aromatic heterocycles. The van der Waals surface area contributed by atoms with Crippen LogP contribution in [0.15, 0.2) is 0 Å². The molecule has 1 aliphatic heterocycles. The standard InChI is InChI=1S/C10H14N2O6/c1-5(2)8(11-10(16)17)9(15)18-12-6(13)3-4-7(12)14/h5,8,11H,3-4H2,1-2H3,(H,16,17). The van der Waals surface area contributed by atoms with Crippen LogP contribution in [0.25, 0.3) is 0 Å². The van der Waals surface area contributed by atoms with Gasteiger partial charge in [-0.25, -0.2) is 9.59 Å². The average molecular weight is 258 g/mol. The first-order valence-corrected chi connectivity index (χ1v) is 5.40. The number of amides is 3. The second-order valence-electron chi connectivity index (χ2n) is 4.16. The van der Waals surface area contributed by atoms with Crippen LogP contribution in [0.1, 0.15) is 26.7 Å². The van der Waals surface area contributed by atoms with Gasteiger partial charge in [0.05, 0.1) is 0 Å². The van der Waals surface area contributed by atoms with Gasteiger partial charge in [0.2, 0.25) is 0 Å². The molecule has 1 saturated heterocycles. The lowest BCUT2D eigenvalue weighted by Crippen LogP contribution is -2.47. The van der Waals surface area contributed by atoms with Gasteiger partial charge >= 0.3 is 12.1 Å². The Hall–Kier alpha value is -2.12. The van der Waals surface area contributed by atoms with Crippen molar-refractivity contribution in [1.82, 2.24) is 10.4 Å². The number of carboxylic acid groups (broad SMARTS) is 1. The van der Waals surface area contributed by atoms with Crippen LogP contribution in [0.3, 0.4) is 0 Å². The highest BCUT2D eigenvalue weighted by Crippen LogP contribution is 2.14. The number of rotatable bonds is 4. The molecule has 0 aliphatic carbocycles. The Bertz CT molecular complexity index is 376. The zero-order valence-electron chi connectivity index (χ0n) is 10.0. The smallest absolute Gasteiger partial charge is 0.405 e. The van der Waals surface area contributed by atoms with E-state index in [9.17, 15) is 19.2 Å². The van der Waals surface area contributed by atoms with Gasteiger partial charge in [-0.15, -0.1) is 5.06 Å². The quantitative estimate of drug-likeness (QED) is 0.680. The third kappa shape index (κ3) is 3.19. The summed E-state index contributed by atoms with van der Waals surface area (Å²) >= 11 is 0. The maximum absolute atomic E-state index is 11.7. The van der Waals surface area contributed by atoms with Gasteiger partial charge in [0, 0.05) is 12.8 Å². The predicted octanol–water partition coefficient (Wildman–Crippen LogP) is -0.114. The van der Waals surface area contributed by atoms with E-state index in [-0.39, 0.29) is 18.8 Å². The summed E-state index contributed by atoms with van der Waals surface area (Å²) in [6, 6.07) is -1.14. The van der Waals surface area contributed by atoms with Crippen LogP contribution in [0, 0.1) is 5.92 Å². The highest BCUT2D eigenvalue weighted by molar-refractivity contribution is 6.01. The second-order valence-corrected chi connectivity index (χ2v) is 4.16. The number of hydrogen-bond donors (Lipinski definition) is 2. The van der Waals surface area contributed by atoms with Crippen molar-refractivity contribution in [3.05, 3.63) is 0 Å². The second kappa shape index (κ2) is 5.48. The Morgan fingerprint density at radius 1 is 1.28 bits per heavy atom. The summed E-state index contributed by atoms with van der Waals surface area (Å²) in [7, 11) is 0. The fraction of sp³-hybridized carbons (Fsp3) is 0.600. The topological polar surface area (TPSA) is 113 Å². The molecule has 8 heteroatoms. The van der Waals surface area contributed by atoms with E-state index in [1.807, 2.05) is 5.32 Å². The predicted molar refractivity (Wildman–Crippen MR) is 57.0 cm³/mol. The molecule has 8 nitrogen and oxygen atoms in total. The number of nitrogens with one attached hydrogen (secondary N) is 1. The Morgan fingerprint density at radius 2 is 1.78 bits per heavy atom. The highest BCUT2D eigenvalue weighted by Gasteiger charge is 2.36. The molecule has 1 aliphatic rings. The van der Waals surface area contributed by atoms with Crippen LogP contribution in [-0.4, -0.2) is 40.1 Å². The van der Waals surface area contributed by atoms with Crippen molar-refractivity contribution in [2.24, 2.45) is 5.92 Å². The minimum absolute atomic E-state index is 0.00911. The molecule has 3 amide bonds. The summed E-state index contributed by atoms with van der Waals surface area (Å²) in [5, 5.41) is 10.9. The van der Waals surface area contributed by atoms with Crippen molar-refractivity contribution in [2.45, 2.75) is 32.7 Å². The molecular formula is C10H14N2O6. The van der Waals surface area contributed by atoms with Gasteiger partial charge in [-0.05, 0) is 5.92 Å². The van der Waals surface area contributed by atoms with Crippen molar-refractivity contribution in [3.63, 3.8) is 0 Å². The van der Waals surface area contributed by atoms with Crippen LogP contribution in [0.2, 0.25) is 0 Å². The van der Waals surface area contributed by atoms with Crippen molar-refractivity contribution >= 4 is 23.9 Å². The summed E-state index contributed by atoms with van der Waals surface area (Å²) in [6.45, 7) is 3.21. The van der Waals surface area contributed by atoms with E-state index in [4.69, 9.17) is 5.11 Å². The lowest BCUT2D eigenvalue weighted by atomic mass is 10.1. The van der Waals surface area contributed by atoms with Gasteiger partial charge in [0.1, 0.15) is 6.04 Å². The maximum Gasteiger partial charge on any atom is 0.405 e. The Balaban J connectivity index is 2.69. The molecule has 0 aromatic rings. The molecule has 0 aromatic carbocycles. The summed E-state index contributed by atoms with van der Waals surface area (Å²) < 4.78 is 0. The normalized spacial score (nSPS) is 16.9. The Labute approximate surface area is 103 Å². The molecule has 1 heterocycles. The van der Waals surface area contributed by atoms with E-state index < -0.39 is 29.9 Å². The van der Waals surface area contributed by atoms with Crippen molar-refractivity contribution in [1.29, 1.82) is 0 Å². The number of hydroxylamine groups is 2. The Kier molecular flexibility index (Phi) is 4.24. The number of carbonyl (C=O) groups is 4. The molecular weight excluding hydrogens is 244 g/mol. The monoisotopic (exact) mass is 258 g/mol. The number of carbonyl (C=O) groups excluding carboxylic acids is 3.